The first-order valence-electron chi connectivity index (χ1n) is 13.5. The number of hydrogen-bond acceptors (Lipinski definition) is 10. The van der Waals surface area contributed by atoms with E-state index in [1.807, 2.05) is 0 Å². The molecule has 0 atom stereocenters. The second kappa shape index (κ2) is 20.0. The summed E-state index contributed by atoms with van der Waals surface area (Å²) in [5.41, 5.74) is 0. The van der Waals surface area contributed by atoms with E-state index in [1.165, 1.54) is 56.8 Å². The van der Waals surface area contributed by atoms with Crippen molar-refractivity contribution in [1.29, 1.82) is 0 Å². The highest BCUT2D eigenvalue weighted by Crippen LogP contribution is 2.36. The summed E-state index contributed by atoms with van der Waals surface area (Å²) < 4.78 is 0. The predicted octanol–water partition coefficient (Wildman–Crippen LogP) is 5.56. The third kappa shape index (κ3) is 13.7. The highest BCUT2D eigenvalue weighted by molar-refractivity contribution is 5.42. The lowest BCUT2D eigenvalue weighted by Crippen LogP contribution is -2.23. The van der Waals surface area contributed by atoms with Gasteiger partial charge in [-0.05, 0) is 76.0 Å². The average Bonchev–Trinajstić information content (AvgIpc) is 2.90. The molecule has 0 aliphatic heterocycles. The molecule has 0 aromatic carbocycles. The van der Waals surface area contributed by atoms with Gasteiger partial charge in [-0.3, -0.25) is 0 Å². The van der Waals surface area contributed by atoms with Gasteiger partial charge in [0.1, 0.15) is 0 Å². The van der Waals surface area contributed by atoms with Gasteiger partial charge < -0.3 is 0 Å². The van der Waals surface area contributed by atoms with Gasteiger partial charge in [-0.2, -0.15) is 15.0 Å². The van der Waals surface area contributed by atoms with E-state index >= 15 is 0 Å². The number of rotatable bonds is 14. The fourth-order valence-electron chi connectivity index (χ4n) is 5.24. The number of hydrogen-bond donors (Lipinski definition) is 0. The molecule has 202 valence electrons. The van der Waals surface area contributed by atoms with Crippen molar-refractivity contribution in [2.75, 3.05) is 0 Å². The maximum absolute atomic E-state index is 10.3. The van der Waals surface area contributed by atoms with Crippen molar-refractivity contribution in [2.45, 2.75) is 128 Å². The normalized spacial score (nSPS) is 24.0. The number of aliphatic imine (C=N–C) groups is 5. The third-order valence-corrected chi connectivity index (χ3v) is 7.31. The Morgan fingerprint density at radius 1 is 0.568 bits per heavy atom. The molecule has 2 aliphatic rings. The van der Waals surface area contributed by atoms with E-state index in [1.54, 1.807) is 12.2 Å². The summed E-state index contributed by atoms with van der Waals surface area (Å²) in [7, 11) is 0. The van der Waals surface area contributed by atoms with Crippen LogP contribution in [-0.4, -0.2) is 48.3 Å². The zero-order valence-corrected chi connectivity index (χ0v) is 21.9. The van der Waals surface area contributed by atoms with E-state index < -0.39 is 5.79 Å². The summed E-state index contributed by atoms with van der Waals surface area (Å²) >= 11 is 0. The molecule has 0 saturated heterocycles. The molecule has 0 N–H and O–H groups in total. The summed E-state index contributed by atoms with van der Waals surface area (Å²) in [4.78, 5) is 68.9. The molecule has 37 heavy (non-hydrogen) atoms. The molecule has 0 unspecified atom stereocenters. The monoisotopic (exact) mass is 513 g/mol. The number of isocyanates is 5. The predicted molar refractivity (Wildman–Crippen MR) is 137 cm³/mol. The van der Waals surface area contributed by atoms with Gasteiger partial charge in [-0.1, -0.05) is 39.0 Å². The van der Waals surface area contributed by atoms with Crippen molar-refractivity contribution >= 4 is 30.4 Å². The van der Waals surface area contributed by atoms with Crippen molar-refractivity contribution in [3.05, 3.63) is 0 Å². The molecule has 0 bridgehead atoms. The standard InChI is InChI=1S/C15H22N2O2.C12H17N3O3/c18-10-16-14-5-1-12(2-6-14)9-13-3-7-15(8-4-13)17-11-19;1-2-3-4-5-6-7-8-12(13-9-16,14-10-17)15-11-18/h12-15H,1-9H2;2-8H2,1H3. The average molecular weight is 514 g/mol. The Morgan fingerprint density at radius 3 is 1.35 bits per heavy atom. The Hall–Kier alpha value is -3.10. The van der Waals surface area contributed by atoms with E-state index in [4.69, 9.17) is 0 Å². The number of nitrogens with zero attached hydrogens (tertiary/aromatic N) is 5. The molecule has 10 nitrogen and oxygen atoms in total. The lowest BCUT2D eigenvalue weighted by molar-refractivity contribution is 0.226. The minimum absolute atomic E-state index is 0.207. The highest BCUT2D eigenvalue weighted by atomic mass is 16.1. The van der Waals surface area contributed by atoms with Gasteiger partial charge in [-0.25, -0.2) is 34.0 Å². The molecule has 0 radical (unpaired) electrons. The van der Waals surface area contributed by atoms with Crippen LogP contribution in [0.2, 0.25) is 0 Å². The van der Waals surface area contributed by atoms with E-state index in [2.05, 4.69) is 31.9 Å². The van der Waals surface area contributed by atoms with Crippen LogP contribution in [-0.2, 0) is 24.0 Å². The third-order valence-electron chi connectivity index (χ3n) is 7.31. The quantitative estimate of drug-likeness (QED) is 0.169. The second-order valence-corrected chi connectivity index (χ2v) is 9.93. The smallest absolute Gasteiger partial charge is 0.211 e. The maximum atomic E-state index is 10.3. The Bertz CT molecular complexity index is 811. The van der Waals surface area contributed by atoms with Gasteiger partial charge in [-0.15, -0.1) is 0 Å². The lowest BCUT2D eigenvalue weighted by Gasteiger charge is -2.31. The van der Waals surface area contributed by atoms with Crippen LogP contribution in [0.4, 0.5) is 0 Å². The number of carbonyl (C=O) groups excluding carboxylic acids is 5. The van der Waals surface area contributed by atoms with Gasteiger partial charge in [0.15, 0.2) is 0 Å². The highest BCUT2D eigenvalue weighted by Gasteiger charge is 2.28. The largest absolute Gasteiger partial charge is 0.277 e. The van der Waals surface area contributed by atoms with Crippen LogP contribution in [0.3, 0.4) is 0 Å². The van der Waals surface area contributed by atoms with Crippen LogP contribution < -0.4 is 0 Å². The molecule has 2 fully saturated rings. The van der Waals surface area contributed by atoms with Crippen LogP contribution in [0.15, 0.2) is 25.0 Å². The van der Waals surface area contributed by atoms with Gasteiger partial charge in [0.25, 0.3) is 5.79 Å². The first-order valence-corrected chi connectivity index (χ1v) is 13.5. The van der Waals surface area contributed by atoms with Gasteiger partial charge in [0, 0.05) is 6.42 Å². The zero-order valence-electron chi connectivity index (χ0n) is 21.9. The van der Waals surface area contributed by atoms with E-state index in [0.29, 0.717) is 6.42 Å². The first-order chi connectivity index (χ1) is 18.1. The fraction of sp³-hybridized carbons (Fsp3) is 0.815. The summed E-state index contributed by atoms with van der Waals surface area (Å²) in [5, 5.41) is 0. The number of unbranched alkanes of at least 4 members (excludes halogenated alkanes) is 5. The molecule has 0 aromatic rings. The second-order valence-electron chi connectivity index (χ2n) is 9.93. The molecular formula is C27H39N5O5. The van der Waals surface area contributed by atoms with Crippen molar-refractivity contribution in [3.63, 3.8) is 0 Å². The van der Waals surface area contributed by atoms with Crippen LogP contribution in [0.25, 0.3) is 0 Å². The fourth-order valence-corrected chi connectivity index (χ4v) is 5.24. The SMILES string of the molecule is CCCCCCCCC(N=C=O)(N=C=O)N=C=O.O=C=NC1CCC(CC2CCC(N=C=O)CC2)CC1. The minimum Gasteiger partial charge on any atom is -0.211 e. The first kappa shape index (κ1) is 31.9. The van der Waals surface area contributed by atoms with E-state index in [-0.39, 0.29) is 18.5 Å². The summed E-state index contributed by atoms with van der Waals surface area (Å²) in [6, 6.07) is 0.456. The van der Waals surface area contributed by atoms with Crippen LogP contribution in [0, 0.1) is 11.8 Å². The molecule has 0 heterocycles. The topological polar surface area (TPSA) is 147 Å². The Labute approximate surface area is 219 Å². The summed E-state index contributed by atoms with van der Waals surface area (Å²) in [5.74, 6) is -0.0980. The van der Waals surface area contributed by atoms with Crippen LogP contribution in [0.1, 0.15) is 110 Å². The summed E-state index contributed by atoms with van der Waals surface area (Å²) in [6.07, 6.45) is 23.7. The van der Waals surface area contributed by atoms with Gasteiger partial charge in [0.2, 0.25) is 30.4 Å². The lowest BCUT2D eigenvalue weighted by atomic mass is 9.76. The molecule has 10 heteroatoms. The molecule has 2 saturated carbocycles. The van der Waals surface area contributed by atoms with Crippen LogP contribution in [0.5, 0.6) is 0 Å². The Kier molecular flexibility index (Phi) is 17.3. The molecular weight excluding hydrogens is 474 g/mol. The summed E-state index contributed by atoms with van der Waals surface area (Å²) in [6.45, 7) is 2.13. The molecule has 0 spiro atoms. The van der Waals surface area contributed by atoms with Gasteiger partial charge in [0.05, 0.1) is 12.1 Å². The Balaban J connectivity index is 0.000000371. The van der Waals surface area contributed by atoms with E-state index in [0.717, 1.165) is 63.2 Å². The molecule has 0 aromatic heterocycles. The van der Waals surface area contributed by atoms with Crippen molar-refractivity contribution < 1.29 is 24.0 Å². The molecule has 0 amide bonds. The maximum Gasteiger partial charge on any atom is 0.277 e. The van der Waals surface area contributed by atoms with Crippen molar-refractivity contribution in [2.24, 2.45) is 36.8 Å². The Morgan fingerprint density at radius 2 is 0.973 bits per heavy atom. The van der Waals surface area contributed by atoms with Crippen molar-refractivity contribution in [3.8, 4) is 0 Å². The molecule has 2 aliphatic carbocycles. The minimum atomic E-state index is -1.70. The molecule has 2 rings (SSSR count). The zero-order chi connectivity index (χ0) is 27.2. The van der Waals surface area contributed by atoms with Crippen LogP contribution >= 0.6 is 0 Å². The van der Waals surface area contributed by atoms with E-state index in [9.17, 15) is 24.0 Å². The van der Waals surface area contributed by atoms with Crippen molar-refractivity contribution in [1.82, 2.24) is 0 Å². The van der Waals surface area contributed by atoms with Gasteiger partial charge >= 0.3 is 0 Å².